The van der Waals surface area contributed by atoms with Crippen LogP contribution in [0.15, 0.2) is 47.8 Å². The number of nitrogens with zero attached hydrogens (tertiary/aromatic N) is 3. The number of hydrogen-bond donors (Lipinski definition) is 1. The van der Waals surface area contributed by atoms with Crippen molar-refractivity contribution in [2.75, 3.05) is 0 Å². The number of aromatic nitrogens is 3. The van der Waals surface area contributed by atoms with Crippen LogP contribution in [0.5, 0.6) is 5.75 Å². The number of nitrogens with one attached hydrogen (secondary N) is 1. The first-order valence-electron chi connectivity index (χ1n) is 8.37. The molecule has 26 heavy (non-hydrogen) atoms. The highest BCUT2D eigenvalue weighted by Gasteiger charge is 2.14. The summed E-state index contributed by atoms with van der Waals surface area (Å²) in [4.78, 5) is 18.9. The van der Waals surface area contributed by atoms with Crippen molar-refractivity contribution in [2.45, 2.75) is 33.4 Å². The van der Waals surface area contributed by atoms with E-state index in [1.54, 1.807) is 19.4 Å². The first-order valence-corrected chi connectivity index (χ1v) is 8.37. The Bertz CT molecular complexity index is 1010. The van der Waals surface area contributed by atoms with Gasteiger partial charge in [-0.25, -0.2) is 4.98 Å². The number of ether oxygens (including phenoxy) is 1. The van der Waals surface area contributed by atoms with Gasteiger partial charge in [-0.2, -0.15) is 5.26 Å². The van der Waals surface area contributed by atoms with Crippen LogP contribution in [0.25, 0.3) is 11.1 Å². The molecule has 0 saturated heterocycles. The van der Waals surface area contributed by atoms with E-state index in [9.17, 15) is 10.1 Å². The van der Waals surface area contributed by atoms with E-state index in [0.717, 1.165) is 16.9 Å². The van der Waals surface area contributed by atoms with Crippen molar-refractivity contribution in [3.63, 3.8) is 0 Å². The highest BCUT2D eigenvalue weighted by molar-refractivity contribution is 5.71. The number of aryl methyl sites for hydroxylation is 1. The van der Waals surface area contributed by atoms with E-state index in [4.69, 9.17) is 4.74 Å². The van der Waals surface area contributed by atoms with Gasteiger partial charge in [0.1, 0.15) is 17.4 Å². The third kappa shape index (κ3) is 3.67. The van der Waals surface area contributed by atoms with Gasteiger partial charge in [-0.1, -0.05) is 6.07 Å². The molecule has 0 amide bonds. The molecule has 6 nitrogen and oxygen atoms in total. The van der Waals surface area contributed by atoms with Crippen LogP contribution in [0.3, 0.4) is 0 Å². The summed E-state index contributed by atoms with van der Waals surface area (Å²) >= 11 is 0. The van der Waals surface area contributed by atoms with E-state index in [1.807, 2.05) is 54.9 Å². The normalized spacial score (nSPS) is 10.7. The van der Waals surface area contributed by atoms with E-state index < -0.39 is 0 Å². The molecule has 2 aromatic heterocycles. The lowest BCUT2D eigenvalue weighted by Gasteiger charge is -2.16. The zero-order chi connectivity index (χ0) is 18.7. The number of imidazole rings is 1. The summed E-state index contributed by atoms with van der Waals surface area (Å²) in [5.74, 6) is 0.775. The Hall–Kier alpha value is -3.33. The highest BCUT2D eigenvalue weighted by Crippen LogP contribution is 2.29. The van der Waals surface area contributed by atoms with Crippen molar-refractivity contribution >= 4 is 0 Å². The van der Waals surface area contributed by atoms with E-state index in [-0.39, 0.29) is 17.2 Å². The maximum atomic E-state index is 12.1. The average Bonchev–Trinajstić information content (AvgIpc) is 3.08. The fraction of sp³-hybridized carbons (Fsp3) is 0.250. The maximum Gasteiger partial charge on any atom is 0.266 e. The predicted molar refractivity (Wildman–Crippen MR) is 99.0 cm³/mol. The summed E-state index contributed by atoms with van der Waals surface area (Å²) in [6.45, 7) is 6.33. The number of pyridine rings is 1. The van der Waals surface area contributed by atoms with Crippen molar-refractivity contribution in [2.24, 2.45) is 0 Å². The minimum atomic E-state index is -0.374. The minimum absolute atomic E-state index is 0.0406. The molecule has 6 heteroatoms. The van der Waals surface area contributed by atoms with Gasteiger partial charge < -0.3 is 14.3 Å². The zero-order valence-electron chi connectivity index (χ0n) is 15.0. The zero-order valence-corrected chi connectivity index (χ0v) is 15.0. The molecule has 0 radical (unpaired) electrons. The first kappa shape index (κ1) is 17.5. The van der Waals surface area contributed by atoms with E-state index >= 15 is 0 Å². The van der Waals surface area contributed by atoms with Gasteiger partial charge in [0.25, 0.3) is 5.56 Å². The maximum absolute atomic E-state index is 12.1. The van der Waals surface area contributed by atoms with Crippen LogP contribution >= 0.6 is 0 Å². The number of hydrogen-bond acceptors (Lipinski definition) is 4. The van der Waals surface area contributed by atoms with Crippen LogP contribution in [0.4, 0.5) is 0 Å². The molecule has 3 rings (SSSR count). The van der Waals surface area contributed by atoms with Gasteiger partial charge in [0.2, 0.25) is 0 Å². The molecular weight excluding hydrogens is 328 g/mol. The van der Waals surface area contributed by atoms with Crippen LogP contribution in [0.1, 0.15) is 30.7 Å². The van der Waals surface area contributed by atoms with Crippen LogP contribution in [0, 0.1) is 18.3 Å². The summed E-state index contributed by atoms with van der Waals surface area (Å²) in [5, 5.41) is 9.39. The molecule has 0 saturated carbocycles. The molecule has 0 atom stereocenters. The second-order valence-electron chi connectivity index (χ2n) is 6.41. The van der Waals surface area contributed by atoms with Gasteiger partial charge in [-0.05, 0) is 44.5 Å². The van der Waals surface area contributed by atoms with Crippen LogP contribution < -0.4 is 10.3 Å². The molecule has 0 aliphatic rings. The molecule has 3 aromatic rings. The molecule has 0 aliphatic heterocycles. The Morgan fingerprint density at radius 1 is 1.35 bits per heavy atom. The van der Waals surface area contributed by atoms with Gasteiger partial charge in [0.15, 0.2) is 0 Å². The number of rotatable bonds is 5. The van der Waals surface area contributed by atoms with E-state index in [0.29, 0.717) is 17.8 Å². The van der Waals surface area contributed by atoms with Crippen molar-refractivity contribution in [1.29, 1.82) is 5.26 Å². The molecule has 0 unspecified atom stereocenters. The Kier molecular flexibility index (Phi) is 4.90. The summed E-state index contributed by atoms with van der Waals surface area (Å²) < 4.78 is 7.87. The summed E-state index contributed by atoms with van der Waals surface area (Å²) in [6, 6.07) is 9.56. The van der Waals surface area contributed by atoms with Gasteiger partial charge in [0.05, 0.1) is 19.0 Å². The van der Waals surface area contributed by atoms with Gasteiger partial charge in [-0.3, -0.25) is 4.79 Å². The molecule has 132 valence electrons. The Morgan fingerprint density at radius 3 is 2.81 bits per heavy atom. The SMILES string of the molecule is Cc1cc(-c2ccc(OC(C)C)c(Cn3ccnc3)c2)c(C#N)c(=O)[nH]1. The quantitative estimate of drug-likeness (QED) is 0.767. The van der Waals surface area contributed by atoms with Gasteiger partial charge in [0, 0.05) is 29.2 Å². The lowest BCUT2D eigenvalue weighted by molar-refractivity contribution is 0.239. The van der Waals surface area contributed by atoms with E-state index in [2.05, 4.69) is 9.97 Å². The molecule has 0 bridgehead atoms. The topological polar surface area (TPSA) is 83.7 Å². The third-order valence-electron chi connectivity index (χ3n) is 3.93. The third-order valence-corrected chi connectivity index (χ3v) is 3.93. The van der Waals surface area contributed by atoms with Gasteiger partial charge >= 0.3 is 0 Å². The summed E-state index contributed by atoms with van der Waals surface area (Å²) in [6.07, 6.45) is 5.38. The average molecular weight is 348 g/mol. The van der Waals surface area contributed by atoms with Crippen molar-refractivity contribution in [3.05, 3.63) is 70.2 Å². The van der Waals surface area contributed by atoms with Gasteiger partial charge in [-0.15, -0.1) is 0 Å². The summed E-state index contributed by atoms with van der Waals surface area (Å²) in [5.41, 5.74) is 2.83. The van der Waals surface area contributed by atoms with Crippen molar-refractivity contribution in [1.82, 2.24) is 14.5 Å². The van der Waals surface area contributed by atoms with Crippen molar-refractivity contribution in [3.8, 4) is 22.9 Å². The highest BCUT2D eigenvalue weighted by atomic mass is 16.5. The number of H-pyrrole nitrogens is 1. The largest absolute Gasteiger partial charge is 0.491 e. The lowest BCUT2D eigenvalue weighted by atomic mass is 9.98. The number of benzene rings is 1. The molecule has 2 heterocycles. The van der Waals surface area contributed by atoms with Crippen molar-refractivity contribution < 1.29 is 4.74 Å². The molecule has 0 spiro atoms. The molecule has 0 fully saturated rings. The smallest absolute Gasteiger partial charge is 0.266 e. The number of nitriles is 1. The van der Waals surface area contributed by atoms with Crippen LogP contribution in [0.2, 0.25) is 0 Å². The van der Waals surface area contributed by atoms with Crippen LogP contribution in [-0.4, -0.2) is 20.6 Å². The Balaban J connectivity index is 2.13. The van der Waals surface area contributed by atoms with E-state index in [1.165, 1.54) is 0 Å². The lowest BCUT2D eigenvalue weighted by Crippen LogP contribution is -2.13. The van der Waals surface area contributed by atoms with Crippen LogP contribution in [-0.2, 0) is 6.54 Å². The Labute approximate surface area is 151 Å². The minimum Gasteiger partial charge on any atom is -0.491 e. The monoisotopic (exact) mass is 348 g/mol. The Morgan fingerprint density at radius 2 is 2.15 bits per heavy atom. The summed E-state index contributed by atoms with van der Waals surface area (Å²) in [7, 11) is 0. The fourth-order valence-electron chi connectivity index (χ4n) is 2.84. The second-order valence-corrected chi connectivity index (χ2v) is 6.41. The standard InChI is InChI=1S/C20H20N4O2/c1-13(2)26-19-5-4-15(9-16(19)11-24-7-6-22-12-24)17-8-14(3)23-20(25)18(17)10-21/h4-9,12-13H,11H2,1-3H3,(H,23,25). The predicted octanol–water partition coefficient (Wildman–Crippen LogP) is 3.25. The number of aromatic amines is 1. The molecule has 1 aromatic carbocycles. The second kappa shape index (κ2) is 7.28. The molecule has 0 aliphatic carbocycles. The molecular formula is C20H20N4O2. The first-order chi connectivity index (χ1) is 12.5. The fourth-order valence-corrected chi connectivity index (χ4v) is 2.84. The molecule has 1 N–H and O–H groups in total.